The van der Waals surface area contributed by atoms with Crippen molar-refractivity contribution >= 4 is 12.0 Å². The molecule has 6 nitrogen and oxygen atoms in total. The molecule has 0 atom stereocenters. The summed E-state index contributed by atoms with van der Waals surface area (Å²) in [6.07, 6.45) is 11.0. The van der Waals surface area contributed by atoms with Gasteiger partial charge in [-0.25, -0.2) is 4.79 Å². The minimum atomic E-state index is -0.506. The van der Waals surface area contributed by atoms with Gasteiger partial charge < -0.3 is 15.0 Å². The molecule has 0 spiro atoms. The van der Waals surface area contributed by atoms with Gasteiger partial charge in [-0.2, -0.15) is 0 Å². The van der Waals surface area contributed by atoms with Crippen molar-refractivity contribution in [1.82, 2.24) is 15.2 Å². The third-order valence-corrected chi connectivity index (χ3v) is 5.02. The van der Waals surface area contributed by atoms with Crippen LogP contribution in [-0.2, 0) is 16.1 Å². The molecule has 1 fully saturated rings. The number of carbonyl (C=O) groups excluding carboxylic acids is 2. The highest BCUT2D eigenvalue weighted by Gasteiger charge is 2.21. The Kier molecular flexibility index (Phi) is 8.74. The summed E-state index contributed by atoms with van der Waals surface area (Å²) in [5.74, 6) is 0.419. The average Bonchev–Trinajstić information content (AvgIpc) is 2.66. The zero-order valence-electron chi connectivity index (χ0n) is 17.6. The lowest BCUT2D eigenvalue weighted by atomic mass is 9.87. The number of esters is 1. The van der Waals surface area contributed by atoms with Gasteiger partial charge in [0.05, 0.1) is 6.42 Å². The van der Waals surface area contributed by atoms with Gasteiger partial charge in [0.15, 0.2) is 0 Å². The maximum absolute atomic E-state index is 12.7. The summed E-state index contributed by atoms with van der Waals surface area (Å²) >= 11 is 0. The van der Waals surface area contributed by atoms with Crippen LogP contribution in [0, 0.1) is 5.92 Å². The van der Waals surface area contributed by atoms with Gasteiger partial charge in [0.2, 0.25) is 0 Å². The molecule has 0 aliphatic heterocycles. The van der Waals surface area contributed by atoms with Gasteiger partial charge in [-0.05, 0) is 50.8 Å². The minimum absolute atomic E-state index is 0.129. The second kappa shape index (κ2) is 11.0. The van der Waals surface area contributed by atoms with Crippen LogP contribution in [0.2, 0.25) is 0 Å². The van der Waals surface area contributed by atoms with E-state index in [1.807, 2.05) is 32.9 Å². The molecule has 28 heavy (non-hydrogen) atoms. The molecule has 1 aliphatic rings. The number of amides is 2. The molecule has 1 aliphatic carbocycles. The molecule has 6 heteroatoms. The first-order chi connectivity index (χ1) is 13.3. The van der Waals surface area contributed by atoms with Crippen LogP contribution >= 0.6 is 0 Å². The maximum atomic E-state index is 12.7. The quantitative estimate of drug-likeness (QED) is 0.673. The molecule has 0 aromatic carbocycles. The second-order valence-corrected chi connectivity index (χ2v) is 8.63. The fraction of sp³-hybridized carbons (Fsp3) is 0.682. The Morgan fingerprint density at radius 1 is 1.14 bits per heavy atom. The SMILES string of the molecule is CC(C)(C)OC(=O)CCN(CCC1CCCCC1)C(=O)NCc1ccncc1. The van der Waals surface area contributed by atoms with Crippen molar-refractivity contribution in [3.05, 3.63) is 30.1 Å². The first kappa shape index (κ1) is 22.2. The highest BCUT2D eigenvalue weighted by atomic mass is 16.6. The van der Waals surface area contributed by atoms with Gasteiger partial charge in [0.25, 0.3) is 0 Å². The van der Waals surface area contributed by atoms with Crippen LogP contribution in [-0.4, -0.2) is 40.6 Å². The number of nitrogens with zero attached hydrogens (tertiary/aromatic N) is 2. The lowest BCUT2D eigenvalue weighted by molar-refractivity contribution is -0.155. The van der Waals surface area contributed by atoms with Gasteiger partial charge in [-0.15, -0.1) is 0 Å². The number of ether oxygens (including phenoxy) is 1. The van der Waals surface area contributed by atoms with E-state index in [2.05, 4.69) is 10.3 Å². The number of nitrogens with one attached hydrogen (secondary N) is 1. The van der Waals surface area contributed by atoms with Crippen molar-refractivity contribution in [2.24, 2.45) is 5.92 Å². The molecule has 0 radical (unpaired) electrons. The fourth-order valence-corrected chi connectivity index (χ4v) is 3.54. The maximum Gasteiger partial charge on any atom is 0.317 e. The largest absolute Gasteiger partial charge is 0.460 e. The van der Waals surface area contributed by atoms with Gasteiger partial charge in [0.1, 0.15) is 5.60 Å². The Bertz CT molecular complexity index is 607. The number of aromatic nitrogens is 1. The number of hydrogen-bond acceptors (Lipinski definition) is 4. The van der Waals surface area contributed by atoms with Gasteiger partial charge >= 0.3 is 12.0 Å². The van der Waals surface area contributed by atoms with Crippen molar-refractivity contribution in [2.75, 3.05) is 13.1 Å². The molecule has 0 saturated heterocycles. The van der Waals surface area contributed by atoms with Crippen molar-refractivity contribution in [3.63, 3.8) is 0 Å². The van der Waals surface area contributed by atoms with Gasteiger partial charge in [-0.3, -0.25) is 9.78 Å². The van der Waals surface area contributed by atoms with Gasteiger partial charge in [-0.1, -0.05) is 32.1 Å². The van der Waals surface area contributed by atoms with Crippen LogP contribution in [0.5, 0.6) is 0 Å². The Labute approximate surface area is 169 Å². The third-order valence-electron chi connectivity index (χ3n) is 5.02. The molecule has 1 heterocycles. The van der Waals surface area contributed by atoms with E-state index < -0.39 is 5.60 Å². The summed E-state index contributed by atoms with van der Waals surface area (Å²) in [5, 5.41) is 2.97. The van der Waals surface area contributed by atoms with E-state index in [1.54, 1.807) is 17.3 Å². The third kappa shape index (κ3) is 8.72. The van der Waals surface area contributed by atoms with Crippen molar-refractivity contribution in [3.8, 4) is 0 Å². The summed E-state index contributed by atoms with van der Waals surface area (Å²) in [4.78, 5) is 30.6. The standard InChI is InChI=1S/C22H35N3O3/c1-22(2,3)28-20(26)12-16-25(15-11-18-7-5-4-6-8-18)21(27)24-17-19-9-13-23-14-10-19/h9-10,13-14,18H,4-8,11-12,15-17H2,1-3H3,(H,24,27). The van der Waals surface area contributed by atoms with Crippen LogP contribution in [0.1, 0.15) is 71.3 Å². The Morgan fingerprint density at radius 2 is 1.82 bits per heavy atom. The Hall–Kier alpha value is -2.11. The summed E-state index contributed by atoms with van der Waals surface area (Å²) in [5.41, 5.74) is 0.496. The highest BCUT2D eigenvalue weighted by Crippen LogP contribution is 2.26. The van der Waals surface area contributed by atoms with Gasteiger partial charge in [0, 0.05) is 32.0 Å². The minimum Gasteiger partial charge on any atom is -0.460 e. The lowest BCUT2D eigenvalue weighted by Crippen LogP contribution is -2.42. The van der Waals surface area contributed by atoms with Crippen molar-refractivity contribution in [1.29, 1.82) is 0 Å². The smallest absolute Gasteiger partial charge is 0.317 e. The summed E-state index contributed by atoms with van der Waals surface area (Å²) in [6, 6.07) is 3.64. The summed E-state index contributed by atoms with van der Waals surface area (Å²) in [7, 11) is 0. The van der Waals surface area contributed by atoms with E-state index in [9.17, 15) is 9.59 Å². The number of carbonyl (C=O) groups is 2. The number of urea groups is 1. The van der Waals surface area contributed by atoms with E-state index >= 15 is 0 Å². The van der Waals surface area contributed by atoms with E-state index in [-0.39, 0.29) is 18.4 Å². The van der Waals surface area contributed by atoms with Crippen LogP contribution in [0.3, 0.4) is 0 Å². The van der Waals surface area contributed by atoms with Crippen LogP contribution in [0.25, 0.3) is 0 Å². The molecular formula is C22H35N3O3. The number of pyridine rings is 1. The monoisotopic (exact) mass is 389 g/mol. The molecule has 1 saturated carbocycles. The first-order valence-electron chi connectivity index (χ1n) is 10.5. The molecule has 1 N–H and O–H groups in total. The lowest BCUT2D eigenvalue weighted by Gasteiger charge is -2.28. The molecule has 0 unspecified atom stereocenters. The van der Waals surface area contributed by atoms with Crippen LogP contribution in [0.4, 0.5) is 4.79 Å². The molecule has 0 bridgehead atoms. The molecule has 1 aromatic heterocycles. The Morgan fingerprint density at radius 3 is 2.46 bits per heavy atom. The van der Waals surface area contributed by atoms with E-state index in [4.69, 9.17) is 4.74 Å². The molecular weight excluding hydrogens is 354 g/mol. The highest BCUT2D eigenvalue weighted by molar-refractivity contribution is 5.75. The zero-order chi connectivity index (χ0) is 20.4. The van der Waals surface area contributed by atoms with Crippen molar-refractivity contribution < 1.29 is 14.3 Å². The zero-order valence-corrected chi connectivity index (χ0v) is 17.6. The molecule has 1 aromatic rings. The topological polar surface area (TPSA) is 71.5 Å². The van der Waals surface area contributed by atoms with Crippen LogP contribution in [0.15, 0.2) is 24.5 Å². The predicted octanol–water partition coefficient (Wildman–Crippen LogP) is 4.30. The Balaban J connectivity index is 1.87. The fourth-order valence-electron chi connectivity index (χ4n) is 3.54. The molecule has 2 amide bonds. The van der Waals surface area contributed by atoms with E-state index in [0.29, 0.717) is 25.6 Å². The van der Waals surface area contributed by atoms with E-state index in [0.717, 1.165) is 12.0 Å². The summed E-state index contributed by atoms with van der Waals surface area (Å²) < 4.78 is 5.39. The normalized spacial score (nSPS) is 15.1. The van der Waals surface area contributed by atoms with Crippen molar-refractivity contribution in [2.45, 2.75) is 77.9 Å². The first-order valence-corrected chi connectivity index (χ1v) is 10.5. The van der Waals surface area contributed by atoms with E-state index in [1.165, 1.54) is 32.1 Å². The summed E-state index contributed by atoms with van der Waals surface area (Å²) in [6.45, 7) is 7.07. The second-order valence-electron chi connectivity index (χ2n) is 8.63. The molecule has 2 rings (SSSR count). The predicted molar refractivity (Wildman–Crippen MR) is 110 cm³/mol. The number of rotatable bonds is 8. The average molecular weight is 390 g/mol. The molecule has 156 valence electrons. The number of hydrogen-bond donors (Lipinski definition) is 1. The van der Waals surface area contributed by atoms with Crippen LogP contribution < -0.4 is 5.32 Å².